The number of carbonyl (C=O) groups excluding carboxylic acids is 1. The predicted octanol–water partition coefficient (Wildman–Crippen LogP) is 3.11. The molecule has 0 fully saturated rings. The van der Waals surface area contributed by atoms with Gasteiger partial charge in [0.2, 0.25) is 0 Å². The first-order valence-corrected chi connectivity index (χ1v) is 12.1. The molecule has 0 radical (unpaired) electrons. The van der Waals surface area contributed by atoms with E-state index in [-0.39, 0.29) is 28.5 Å². The standard InChI is InChI=1S/C22H20ClN3O5S/c1-26(19-10-31-20-5-11(32(2,28)29)3-4-12(19)20)22(27)14-6-13-15-8-30-9-16(15)21(24)25-18(13)7-17(14)23/h3-7,19H,8-10H2,1-2H3,(H2,24,25)/t19-/m0/s1. The summed E-state index contributed by atoms with van der Waals surface area (Å²) in [7, 11) is -1.69. The van der Waals surface area contributed by atoms with Gasteiger partial charge < -0.3 is 20.1 Å². The Morgan fingerprint density at radius 3 is 2.72 bits per heavy atom. The van der Waals surface area contributed by atoms with Gasteiger partial charge >= 0.3 is 0 Å². The summed E-state index contributed by atoms with van der Waals surface area (Å²) in [5, 5.41) is 1.06. The second-order valence-electron chi connectivity index (χ2n) is 8.01. The minimum atomic E-state index is -3.36. The van der Waals surface area contributed by atoms with Crippen molar-refractivity contribution in [2.45, 2.75) is 24.2 Å². The first-order chi connectivity index (χ1) is 15.1. The highest BCUT2D eigenvalue weighted by Crippen LogP contribution is 2.39. The van der Waals surface area contributed by atoms with Gasteiger partial charge in [-0.3, -0.25) is 4.79 Å². The normalized spacial score (nSPS) is 17.2. The molecule has 5 rings (SSSR count). The molecule has 0 unspecified atom stereocenters. The van der Waals surface area contributed by atoms with Crippen LogP contribution in [0.3, 0.4) is 0 Å². The van der Waals surface area contributed by atoms with Crippen molar-refractivity contribution < 1.29 is 22.7 Å². The van der Waals surface area contributed by atoms with E-state index in [4.69, 9.17) is 26.8 Å². The maximum absolute atomic E-state index is 13.4. The van der Waals surface area contributed by atoms with Gasteiger partial charge in [0.05, 0.1) is 40.3 Å². The zero-order valence-electron chi connectivity index (χ0n) is 17.4. The van der Waals surface area contributed by atoms with Crippen LogP contribution in [0.4, 0.5) is 5.82 Å². The number of halogens is 1. The van der Waals surface area contributed by atoms with E-state index in [9.17, 15) is 13.2 Å². The van der Waals surface area contributed by atoms with Crippen molar-refractivity contribution in [2.24, 2.45) is 0 Å². The van der Waals surface area contributed by atoms with E-state index < -0.39 is 9.84 Å². The lowest BCUT2D eigenvalue weighted by molar-refractivity contribution is 0.0709. The molecule has 3 heterocycles. The highest BCUT2D eigenvalue weighted by atomic mass is 35.5. The van der Waals surface area contributed by atoms with Crippen LogP contribution in [-0.2, 0) is 27.8 Å². The number of anilines is 1. The molecule has 1 atom stereocenters. The number of rotatable bonds is 3. The van der Waals surface area contributed by atoms with Gasteiger partial charge in [0.1, 0.15) is 18.2 Å². The van der Waals surface area contributed by atoms with Gasteiger partial charge in [-0.05, 0) is 29.8 Å². The number of aromatic nitrogens is 1. The van der Waals surface area contributed by atoms with Gasteiger partial charge in [-0.2, -0.15) is 0 Å². The summed E-state index contributed by atoms with van der Waals surface area (Å²) in [6, 6.07) is 7.70. The molecule has 1 aromatic heterocycles. The summed E-state index contributed by atoms with van der Waals surface area (Å²) < 4.78 is 34.9. The molecule has 2 aromatic carbocycles. The van der Waals surface area contributed by atoms with Gasteiger partial charge in [0, 0.05) is 29.8 Å². The predicted molar refractivity (Wildman–Crippen MR) is 120 cm³/mol. The van der Waals surface area contributed by atoms with E-state index in [1.165, 1.54) is 12.1 Å². The fourth-order valence-corrected chi connectivity index (χ4v) is 5.09. The molecular weight excluding hydrogens is 454 g/mol. The largest absolute Gasteiger partial charge is 0.491 e. The number of likely N-dealkylation sites (N-methyl/N-ethyl adjacent to an activating group) is 1. The topological polar surface area (TPSA) is 112 Å². The molecule has 2 N–H and O–H groups in total. The van der Waals surface area contributed by atoms with Crippen LogP contribution < -0.4 is 10.5 Å². The van der Waals surface area contributed by atoms with Crippen LogP contribution in [0.2, 0.25) is 5.02 Å². The Hall–Kier alpha value is -2.88. The quantitative estimate of drug-likeness (QED) is 0.622. The van der Waals surface area contributed by atoms with Crippen molar-refractivity contribution in [3.63, 3.8) is 0 Å². The van der Waals surface area contributed by atoms with Crippen molar-refractivity contribution in [2.75, 3.05) is 25.6 Å². The molecule has 32 heavy (non-hydrogen) atoms. The Kier molecular flexibility index (Phi) is 4.81. The molecule has 8 nitrogen and oxygen atoms in total. The van der Waals surface area contributed by atoms with Crippen molar-refractivity contribution in [3.05, 3.63) is 57.6 Å². The van der Waals surface area contributed by atoms with Crippen molar-refractivity contribution >= 4 is 44.1 Å². The zero-order chi connectivity index (χ0) is 22.8. The number of hydrogen-bond donors (Lipinski definition) is 1. The number of carbonyl (C=O) groups is 1. The average molecular weight is 474 g/mol. The molecule has 10 heteroatoms. The van der Waals surface area contributed by atoms with Crippen LogP contribution in [0, 0.1) is 0 Å². The van der Waals surface area contributed by atoms with E-state index in [1.54, 1.807) is 30.1 Å². The van der Waals surface area contributed by atoms with Crippen molar-refractivity contribution in [1.29, 1.82) is 0 Å². The van der Waals surface area contributed by atoms with Crippen LogP contribution in [-0.4, -0.2) is 44.1 Å². The Morgan fingerprint density at radius 2 is 1.97 bits per heavy atom. The molecular formula is C22H20ClN3O5S. The molecule has 2 aliphatic heterocycles. The monoisotopic (exact) mass is 473 g/mol. The summed E-state index contributed by atoms with van der Waals surface area (Å²) in [6.45, 7) is 1.01. The number of sulfone groups is 1. The van der Waals surface area contributed by atoms with Crippen molar-refractivity contribution in [3.8, 4) is 5.75 Å². The van der Waals surface area contributed by atoms with Crippen molar-refractivity contribution in [1.82, 2.24) is 9.88 Å². The molecule has 3 aromatic rings. The molecule has 0 saturated heterocycles. The second-order valence-corrected chi connectivity index (χ2v) is 10.4. The first kappa shape index (κ1) is 21.0. The van der Waals surface area contributed by atoms with Crippen LogP contribution >= 0.6 is 11.6 Å². The number of benzene rings is 2. The molecule has 0 saturated carbocycles. The lowest BCUT2D eigenvalue weighted by atomic mass is 10.0. The second kappa shape index (κ2) is 7.33. The molecule has 166 valence electrons. The summed E-state index contributed by atoms with van der Waals surface area (Å²) in [5.74, 6) is 0.581. The number of amides is 1. The molecule has 0 aliphatic carbocycles. The summed E-state index contributed by atoms with van der Waals surface area (Å²) in [4.78, 5) is 19.5. The summed E-state index contributed by atoms with van der Waals surface area (Å²) in [6.07, 6.45) is 1.14. The number of hydrogen-bond acceptors (Lipinski definition) is 7. The van der Waals surface area contributed by atoms with Crippen LogP contribution in [0.15, 0.2) is 35.2 Å². The van der Waals surface area contributed by atoms with Crippen LogP contribution in [0.5, 0.6) is 5.75 Å². The SMILES string of the molecule is CN(C(=O)c1cc2c3c(c(N)nc2cc1Cl)COC3)[C@H]1COc2cc(S(C)(=O)=O)ccc21. The number of ether oxygens (including phenoxy) is 2. The van der Waals surface area contributed by atoms with E-state index >= 15 is 0 Å². The Labute approximate surface area is 189 Å². The van der Waals surface area contributed by atoms with Crippen LogP contribution in [0.25, 0.3) is 10.9 Å². The van der Waals surface area contributed by atoms with E-state index in [0.717, 1.165) is 28.3 Å². The van der Waals surface area contributed by atoms with E-state index in [0.29, 0.717) is 35.9 Å². The van der Waals surface area contributed by atoms with E-state index in [1.807, 2.05) is 0 Å². The zero-order valence-corrected chi connectivity index (χ0v) is 19.0. The third kappa shape index (κ3) is 3.28. The lowest BCUT2D eigenvalue weighted by Crippen LogP contribution is -2.32. The number of nitrogens with zero attached hydrogens (tertiary/aromatic N) is 2. The van der Waals surface area contributed by atoms with Gasteiger partial charge in [0.15, 0.2) is 9.84 Å². The van der Waals surface area contributed by atoms with Gasteiger partial charge in [-0.1, -0.05) is 17.7 Å². The minimum absolute atomic E-state index is 0.173. The molecule has 0 bridgehead atoms. The molecule has 1 amide bonds. The molecule has 2 aliphatic rings. The number of nitrogens with two attached hydrogens (primary N) is 1. The van der Waals surface area contributed by atoms with Gasteiger partial charge in [-0.25, -0.2) is 13.4 Å². The minimum Gasteiger partial charge on any atom is -0.491 e. The number of nitrogen functional groups attached to an aromatic ring is 1. The van der Waals surface area contributed by atoms with Crippen LogP contribution in [0.1, 0.15) is 33.1 Å². The Morgan fingerprint density at radius 1 is 1.22 bits per heavy atom. The maximum Gasteiger partial charge on any atom is 0.255 e. The molecule has 0 spiro atoms. The average Bonchev–Trinajstić information content (AvgIpc) is 3.39. The highest BCUT2D eigenvalue weighted by Gasteiger charge is 2.33. The Bertz CT molecular complexity index is 1410. The fraction of sp³-hybridized carbons (Fsp3) is 0.273. The van der Waals surface area contributed by atoms with E-state index in [2.05, 4.69) is 4.98 Å². The fourth-order valence-electron chi connectivity index (χ4n) is 4.21. The van der Waals surface area contributed by atoms with Gasteiger partial charge in [-0.15, -0.1) is 0 Å². The number of pyridine rings is 1. The third-order valence-corrected chi connectivity index (χ3v) is 7.43. The maximum atomic E-state index is 13.4. The summed E-state index contributed by atoms with van der Waals surface area (Å²) >= 11 is 6.47. The highest BCUT2D eigenvalue weighted by molar-refractivity contribution is 7.90. The summed E-state index contributed by atoms with van der Waals surface area (Å²) in [5.41, 5.74) is 9.49. The first-order valence-electron chi connectivity index (χ1n) is 9.87. The lowest BCUT2D eigenvalue weighted by Gasteiger charge is -2.24. The third-order valence-electron chi connectivity index (χ3n) is 6.00. The smallest absolute Gasteiger partial charge is 0.255 e. The number of fused-ring (bicyclic) bond motifs is 4. The van der Waals surface area contributed by atoms with Gasteiger partial charge in [0.25, 0.3) is 5.91 Å². The Balaban J connectivity index is 1.52.